The van der Waals surface area contributed by atoms with Crippen molar-refractivity contribution in [3.05, 3.63) is 12.4 Å². The van der Waals surface area contributed by atoms with Crippen molar-refractivity contribution >= 4 is 24.0 Å². The summed E-state index contributed by atoms with van der Waals surface area (Å²) in [5.41, 5.74) is 7.55. The Hall–Kier alpha value is -1.07. The maximum absolute atomic E-state index is 5.93. The summed E-state index contributed by atoms with van der Waals surface area (Å²) in [5, 5.41) is 3.58. The largest absolute Gasteiger partial charge is 0.380 e. The summed E-state index contributed by atoms with van der Waals surface area (Å²) in [4.78, 5) is 11.5. The summed E-state index contributed by atoms with van der Waals surface area (Å²) in [5.74, 6) is 2.53. The zero-order chi connectivity index (χ0) is 16.7. The molecule has 140 valence electrons. The van der Waals surface area contributed by atoms with Crippen LogP contribution < -0.4 is 16.0 Å². The van der Waals surface area contributed by atoms with Crippen LogP contribution in [-0.2, 0) is 0 Å². The molecule has 1 aromatic rings. The van der Waals surface area contributed by atoms with Gasteiger partial charge in [-0.2, -0.15) is 0 Å². The Morgan fingerprint density at radius 1 is 1.12 bits per heavy atom. The number of rotatable bonds is 4. The summed E-state index contributed by atoms with van der Waals surface area (Å²) >= 11 is 0. The fourth-order valence-corrected chi connectivity index (χ4v) is 5.03. The molecule has 0 radical (unpaired) electrons. The van der Waals surface area contributed by atoms with Crippen LogP contribution >= 0.6 is 12.4 Å². The Morgan fingerprint density at radius 2 is 1.72 bits per heavy atom. The molecular weight excluding hydrogens is 334 g/mol. The van der Waals surface area contributed by atoms with Crippen molar-refractivity contribution < 1.29 is 0 Å². The van der Waals surface area contributed by atoms with Crippen molar-refractivity contribution in [3.63, 3.8) is 0 Å². The third-order valence-corrected chi connectivity index (χ3v) is 6.52. The molecule has 4 rings (SSSR count). The molecule has 2 saturated carbocycles. The molecule has 25 heavy (non-hydrogen) atoms. The van der Waals surface area contributed by atoms with Gasteiger partial charge >= 0.3 is 0 Å². The normalized spacial score (nSPS) is 32.1. The van der Waals surface area contributed by atoms with Crippen LogP contribution in [0.1, 0.15) is 52.4 Å². The molecule has 5 nitrogen and oxygen atoms in total. The monoisotopic (exact) mass is 365 g/mol. The molecule has 1 saturated heterocycles. The summed E-state index contributed by atoms with van der Waals surface area (Å²) in [7, 11) is 0. The summed E-state index contributed by atoms with van der Waals surface area (Å²) in [6.45, 7) is 6.83. The SMILES string of the molecule is CC(C)C1CCN(c2ncc(NC3CC4(CC(N)C4)C3)cn2)CC1.Cl. The van der Waals surface area contributed by atoms with Gasteiger partial charge in [0.2, 0.25) is 5.95 Å². The second-order valence-corrected chi connectivity index (χ2v) is 8.76. The lowest BCUT2D eigenvalue weighted by atomic mass is 9.52. The molecule has 3 N–H and O–H groups in total. The second-order valence-electron chi connectivity index (χ2n) is 8.76. The number of nitrogens with two attached hydrogens (primary N) is 1. The van der Waals surface area contributed by atoms with Gasteiger partial charge in [-0.25, -0.2) is 9.97 Å². The average Bonchev–Trinajstić information content (AvgIpc) is 2.52. The van der Waals surface area contributed by atoms with Gasteiger partial charge in [0.05, 0.1) is 18.1 Å². The molecule has 0 unspecified atom stereocenters. The van der Waals surface area contributed by atoms with Crippen molar-refractivity contribution in [2.45, 2.75) is 64.5 Å². The molecule has 1 aliphatic heterocycles. The second kappa shape index (κ2) is 7.28. The van der Waals surface area contributed by atoms with Crippen molar-refractivity contribution in [3.8, 4) is 0 Å². The maximum Gasteiger partial charge on any atom is 0.225 e. The summed E-state index contributed by atoms with van der Waals surface area (Å²) in [6.07, 6.45) is 11.4. The minimum absolute atomic E-state index is 0. The highest BCUT2D eigenvalue weighted by Crippen LogP contribution is 2.55. The smallest absolute Gasteiger partial charge is 0.225 e. The van der Waals surface area contributed by atoms with Crippen LogP contribution in [0.25, 0.3) is 0 Å². The van der Waals surface area contributed by atoms with E-state index >= 15 is 0 Å². The molecule has 0 atom stereocenters. The first-order valence-corrected chi connectivity index (χ1v) is 9.62. The third-order valence-electron chi connectivity index (χ3n) is 6.52. The number of piperidine rings is 1. The van der Waals surface area contributed by atoms with E-state index in [0.29, 0.717) is 17.5 Å². The number of anilines is 2. The van der Waals surface area contributed by atoms with Crippen LogP contribution in [0.4, 0.5) is 11.6 Å². The molecule has 0 aromatic carbocycles. The van der Waals surface area contributed by atoms with Gasteiger partial charge in [-0.05, 0) is 55.8 Å². The molecule has 3 aliphatic rings. The first-order chi connectivity index (χ1) is 11.5. The van der Waals surface area contributed by atoms with Gasteiger partial charge in [-0.15, -0.1) is 12.4 Å². The van der Waals surface area contributed by atoms with E-state index in [1.54, 1.807) is 0 Å². The summed E-state index contributed by atoms with van der Waals surface area (Å²) < 4.78 is 0. The third kappa shape index (κ3) is 3.87. The number of hydrogen-bond acceptors (Lipinski definition) is 5. The highest BCUT2D eigenvalue weighted by Gasteiger charge is 2.51. The highest BCUT2D eigenvalue weighted by atomic mass is 35.5. The highest BCUT2D eigenvalue weighted by molar-refractivity contribution is 5.85. The van der Waals surface area contributed by atoms with E-state index in [1.807, 2.05) is 12.4 Å². The topological polar surface area (TPSA) is 67.1 Å². The van der Waals surface area contributed by atoms with Crippen LogP contribution in [0.15, 0.2) is 12.4 Å². The zero-order valence-corrected chi connectivity index (χ0v) is 16.3. The number of nitrogens with one attached hydrogen (secondary N) is 1. The number of nitrogens with zero attached hydrogens (tertiary/aromatic N) is 3. The molecule has 6 heteroatoms. The van der Waals surface area contributed by atoms with E-state index in [1.165, 1.54) is 38.5 Å². The number of aromatic nitrogens is 2. The zero-order valence-electron chi connectivity index (χ0n) is 15.4. The lowest BCUT2D eigenvalue weighted by molar-refractivity contribution is 0.00119. The van der Waals surface area contributed by atoms with Crippen molar-refractivity contribution in [1.82, 2.24) is 9.97 Å². The van der Waals surface area contributed by atoms with E-state index in [2.05, 4.69) is 34.0 Å². The van der Waals surface area contributed by atoms with Crippen molar-refractivity contribution in [1.29, 1.82) is 0 Å². The first-order valence-electron chi connectivity index (χ1n) is 9.62. The predicted octanol–water partition coefficient (Wildman–Crippen LogP) is 3.45. The Bertz CT molecular complexity index is 554. The quantitative estimate of drug-likeness (QED) is 0.855. The van der Waals surface area contributed by atoms with Crippen LogP contribution in [0, 0.1) is 17.3 Å². The van der Waals surface area contributed by atoms with E-state index < -0.39 is 0 Å². The van der Waals surface area contributed by atoms with Crippen molar-refractivity contribution in [2.24, 2.45) is 23.0 Å². The minimum atomic E-state index is 0. The van der Waals surface area contributed by atoms with E-state index in [9.17, 15) is 0 Å². The molecule has 0 amide bonds. The Kier molecular flexibility index (Phi) is 5.45. The van der Waals surface area contributed by atoms with Gasteiger partial charge in [0.15, 0.2) is 0 Å². The fourth-order valence-electron chi connectivity index (χ4n) is 5.03. The number of halogens is 1. The Morgan fingerprint density at radius 3 is 2.24 bits per heavy atom. The van der Waals surface area contributed by atoms with Crippen molar-refractivity contribution in [2.75, 3.05) is 23.3 Å². The molecule has 2 heterocycles. The van der Waals surface area contributed by atoms with E-state index in [0.717, 1.165) is 36.6 Å². The van der Waals surface area contributed by atoms with E-state index in [4.69, 9.17) is 5.73 Å². The molecule has 1 spiro atoms. The van der Waals surface area contributed by atoms with Crippen LogP contribution in [0.2, 0.25) is 0 Å². The van der Waals surface area contributed by atoms with Crippen LogP contribution in [-0.4, -0.2) is 35.1 Å². The van der Waals surface area contributed by atoms with Gasteiger partial charge in [-0.1, -0.05) is 13.8 Å². The van der Waals surface area contributed by atoms with Gasteiger partial charge < -0.3 is 16.0 Å². The summed E-state index contributed by atoms with van der Waals surface area (Å²) in [6, 6.07) is 1.03. The van der Waals surface area contributed by atoms with E-state index in [-0.39, 0.29) is 12.4 Å². The standard InChI is InChI=1S/C19H31N5.ClH/c1-13(2)14-3-5-24(6-4-14)18-21-11-17(12-22-18)23-16-9-19(10-16)7-15(20)8-19;/h11-16,23H,3-10,20H2,1-2H3;1H. The lowest BCUT2D eigenvalue weighted by Crippen LogP contribution is -2.57. The predicted molar refractivity (Wildman–Crippen MR) is 105 cm³/mol. The maximum atomic E-state index is 5.93. The molecule has 2 aliphatic carbocycles. The molecular formula is C19H32ClN5. The fraction of sp³-hybridized carbons (Fsp3) is 0.789. The van der Waals surface area contributed by atoms with Gasteiger partial charge in [0, 0.05) is 25.2 Å². The van der Waals surface area contributed by atoms with Gasteiger partial charge in [0.1, 0.15) is 0 Å². The molecule has 0 bridgehead atoms. The first kappa shape index (κ1) is 18.7. The minimum Gasteiger partial charge on any atom is -0.380 e. The molecule has 3 fully saturated rings. The average molecular weight is 366 g/mol. The Balaban J connectivity index is 0.00000182. The molecule has 1 aromatic heterocycles. The van der Waals surface area contributed by atoms with Crippen LogP contribution in [0.5, 0.6) is 0 Å². The van der Waals surface area contributed by atoms with Crippen LogP contribution in [0.3, 0.4) is 0 Å². The van der Waals surface area contributed by atoms with Gasteiger partial charge in [0.25, 0.3) is 0 Å². The lowest BCUT2D eigenvalue weighted by Gasteiger charge is -2.57. The number of hydrogen-bond donors (Lipinski definition) is 2. The van der Waals surface area contributed by atoms with Gasteiger partial charge in [-0.3, -0.25) is 0 Å². The Labute approximate surface area is 157 Å².